The number of ether oxygens (including phenoxy) is 2. The van der Waals surface area contributed by atoms with Crippen molar-refractivity contribution < 1.29 is 19.4 Å². The molecule has 0 spiro atoms. The summed E-state index contributed by atoms with van der Waals surface area (Å²) >= 11 is 0. The molecular weight excluding hydrogens is 390 g/mol. The molecule has 31 heavy (non-hydrogen) atoms. The number of nitrogens with zero attached hydrogens (tertiary/aromatic N) is 1. The highest BCUT2D eigenvalue weighted by Gasteiger charge is 2.65. The Hall–Kier alpha value is -2.27. The van der Waals surface area contributed by atoms with Gasteiger partial charge >= 0.3 is 6.09 Å². The molecule has 0 aromatic heterocycles. The number of methoxy groups -OCH3 is 1. The van der Waals surface area contributed by atoms with Crippen LogP contribution < -0.4 is 4.74 Å². The molecule has 1 fully saturated rings. The van der Waals surface area contributed by atoms with Crippen molar-refractivity contribution in [2.45, 2.75) is 72.6 Å². The van der Waals surface area contributed by atoms with Gasteiger partial charge < -0.3 is 14.6 Å². The molecule has 0 radical (unpaired) electrons. The Labute approximate surface area is 186 Å². The fraction of sp³-hybridized carbons (Fsp3) is 0.577. The third-order valence-electron chi connectivity index (χ3n) is 6.47. The van der Waals surface area contributed by atoms with Crippen LogP contribution in [0.2, 0.25) is 0 Å². The molecule has 3 rings (SSSR count). The van der Waals surface area contributed by atoms with E-state index in [0.29, 0.717) is 12.3 Å². The number of likely N-dealkylation sites (tertiary alicyclic amines) is 1. The monoisotopic (exact) mass is 427 g/mol. The maximum absolute atomic E-state index is 13.4. The molecule has 1 amide bonds. The van der Waals surface area contributed by atoms with Gasteiger partial charge in [0.1, 0.15) is 17.0 Å². The lowest BCUT2D eigenvalue weighted by Crippen LogP contribution is -2.55. The normalized spacial score (nSPS) is 23.8. The molecule has 0 bridgehead atoms. The number of rotatable bonds is 2. The van der Waals surface area contributed by atoms with Crippen molar-refractivity contribution in [3.05, 3.63) is 42.0 Å². The summed E-state index contributed by atoms with van der Waals surface area (Å²) in [7, 11) is 1.63. The summed E-state index contributed by atoms with van der Waals surface area (Å²) in [6.07, 6.45) is -0.419. The second kappa shape index (κ2) is 7.40. The Morgan fingerprint density at radius 2 is 1.71 bits per heavy atom. The molecule has 2 aromatic carbocycles. The number of benzene rings is 2. The molecule has 1 aliphatic rings. The van der Waals surface area contributed by atoms with E-state index < -0.39 is 34.2 Å². The number of carbonyl (C=O) groups is 1. The molecule has 2 atom stereocenters. The van der Waals surface area contributed by atoms with Crippen molar-refractivity contribution in [2.24, 2.45) is 10.8 Å². The van der Waals surface area contributed by atoms with Gasteiger partial charge in [0, 0.05) is 12.0 Å². The first-order valence-corrected chi connectivity index (χ1v) is 10.9. The minimum atomic E-state index is -1.22. The van der Waals surface area contributed by atoms with Crippen molar-refractivity contribution in [1.82, 2.24) is 4.90 Å². The Balaban J connectivity index is 2.32. The van der Waals surface area contributed by atoms with Gasteiger partial charge in [-0.3, -0.25) is 4.90 Å². The summed E-state index contributed by atoms with van der Waals surface area (Å²) in [5, 5.41) is 14.4. The predicted molar refractivity (Wildman–Crippen MR) is 124 cm³/mol. The standard InChI is InChI=1S/C26H37NO4/c1-23(2,3)26(29)21(27(16-25(26,7)8)22(28)31-24(4,5)6)20-15-18(30-9)14-17-12-10-11-13-19(17)20/h10-15,21,29H,16H2,1-9H3/t21-,26+/m1/s1. The SMILES string of the molecule is COc1cc([C@H]2N(C(=O)OC(C)(C)C)CC(C)(C)[C@@]2(O)C(C)(C)C)c2ccccc2c1. The number of carbonyl (C=O) groups excluding carboxylic acids is 1. The van der Waals surface area contributed by atoms with Crippen LogP contribution in [0.1, 0.15) is 67.0 Å². The van der Waals surface area contributed by atoms with Gasteiger partial charge in [0.25, 0.3) is 0 Å². The van der Waals surface area contributed by atoms with Gasteiger partial charge in [-0.05, 0) is 54.7 Å². The third kappa shape index (κ3) is 3.89. The van der Waals surface area contributed by atoms with Crippen LogP contribution in [-0.4, -0.2) is 41.0 Å². The highest BCUT2D eigenvalue weighted by molar-refractivity contribution is 5.88. The fourth-order valence-electron chi connectivity index (χ4n) is 5.20. The van der Waals surface area contributed by atoms with Crippen molar-refractivity contribution in [2.75, 3.05) is 13.7 Å². The smallest absolute Gasteiger partial charge is 0.410 e. The molecule has 1 saturated heterocycles. The summed E-state index contributed by atoms with van der Waals surface area (Å²) in [5.74, 6) is 0.693. The summed E-state index contributed by atoms with van der Waals surface area (Å²) in [5.41, 5.74) is -2.07. The molecule has 5 nitrogen and oxygen atoms in total. The fourth-order valence-corrected chi connectivity index (χ4v) is 5.20. The van der Waals surface area contributed by atoms with Gasteiger partial charge in [-0.25, -0.2) is 4.79 Å². The van der Waals surface area contributed by atoms with Gasteiger partial charge in [-0.15, -0.1) is 0 Å². The summed E-state index contributed by atoms with van der Waals surface area (Å²) in [4.78, 5) is 15.1. The number of amides is 1. The van der Waals surface area contributed by atoms with E-state index in [0.717, 1.165) is 16.3 Å². The zero-order valence-corrected chi connectivity index (χ0v) is 20.4. The van der Waals surface area contributed by atoms with E-state index in [1.165, 1.54) is 0 Å². The number of hydrogen-bond donors (Lipinski definition) is 1. The van der Waals surface area contributed by atoms with Crippen molar-refractivity contribution >= 4 is 16.9 Å². The van der Waals surface area contributed by atoms with Crippen molar-refractivity contribution in [3.63, 3.8) is 0 Å². The van der Waals surface area contributed by atoms with Crippen molar-refractivity contribution in [1.29, 1.82) is 0 Å². The minimum absolute atomic E-state index is 0.381. The first-order valence-electron chi connectivity index (χ1n) is 10.9. The average Bonchev–Trinajstić information content (AvgIpc) is 2.86. The number of fused-ring (bicyclic) bond motifs is 1. The molecule has 1 N–H and O–H groups in total. The lowest BCUT2D eigenvalue weighted by molar-refractivity contribution is -0.138. The largest absolute Gasteiger partial charge is 0.497 e. The summed E-state index contributed by atoms with van der Waals surface area (Å²) in [6.45, 7) is 16.1. The Morgan fingerprint density at radius 3 is 2.26 bits per heavy atom. The molecule has 0 aliphatic carbocycles. The van der Waals surface area contributed by atoms with E-state index in [4.69, 9.17) is 9.47 Å². The quantitative estimate of drug-likeness (QED) is 0.644. The molecule has 1 aliphatic heterocycles. The minimum Gasteiger partial charge on any atom is -0.497 e. The van der Waals surface area contributed by atoms with E-state index in [9.17, 15) is 9.90 Å². The van der Waals surface area contributed by atoms with Gasteiger partial charge in [0.2, 0.25) is 0 Å². The zero-order chi connectivity index (χ0) is 23.4. The first kappa shape index (κ1) is 23.4. The first-order chi connectivity index (χ1) is 14.1. The molecular formula is C26H37NO4. The second-order valence-electron chi connectivity index (χ2n) is 11.3. The van der Waals surface area contributed by atoms with Crippen LogP contribution in [0.4, 0.5) is 4.79 Å². The van der Waals surface area contributed by atoms with E-state index in [2.05, 4.69) is 0 Å². The van der Waals surface area contributed by atoms with E-state index in [1.54, 1.807) is 12.0 Å². The zero-order valence-electron chi connectivity index (χ0n) is 20.4. The summed E-state index contributed by atoms with van der Waals surface area (Å²) in [6, 6.07) is 11.3. The van der Waals surface area contributed by atoms with E-state index >= 15 is 0 Å². The van der Waals surface area contributed by atoms with Crippen LogP contribution >= 0.6 is 0 Å². The summed E-state index contributed by atoms with van der Waals surface area (Å²) < 4.78 is 11.4. The van der Waals surface area contributed by atoms with Gasteiger partial charge in [0.15, 0.2) is 0 Å². The maximum atomic E-state index is 13.4. The van der Waals surface area contributed by atoms with Crippen LogP contribution in [0.5, 0.6) is 5.75 Å². The molecule has 2 aromatic rings. The highest BCUT2D eigenvalue weighted by atomic mass is 16.6. The van der Waals surface area contributed by atoms with Crippen LogP contribution in [0.3, 0.4) is 0 Å². The van der Waals surface area contributed by atoms with Crippen molar-refractivity contribution in [3.8, 4) is 5.75 Å². The number of hydrogen-bond acceptors (Lipinski definition) is 4. The Bertz CT molecular complexity index is 983. The van der Waals surface area contributed by atoms with Crippen LogP contribution in [0.25, 0.3) is 10.8 Å². The Kier molecular flexibility index (Phi) is 5.59. The molecule has 0 unspecified atom stereocenters. The average molecular weight is 428 g/mol. The maximum Gasteiger partial charge on any atom is 0.410 e. The molecule has 5 heteroatoms. The topological polar surface area (TPSA) is 59.0 Å². The predicted octanol–water partition coefficient (Wildman–Crippen LogP) is 5.94. The van der Waals surface area contributed by atoms with Gasteiger partial charge in [-0.2, -0.15) is 0 Å². The molecule has 0 saturated carbocycles. The molecule has 170 valence electrons. The van der Waals surface area contributed by atoms with E-state index in [1.807, 2.05) is 91.8 Å². The van der Waals surface area contributed by atoms with Gasteiger partial charge in [0.05, 0.1) is 13.2 Å². The van der Waals surface area contributed by atoms with Crippen LogP contribution in [0, 0.1) is 10.8 Å². The van der Waals surface area contributed by atoms with Crippen LogP contribution in [0.15, 0.2) is 36.4 Å². The second-order valence-corrected chi connectivity index (χ2v) is 11.3. The van der Waals surface area contributed by atoms with E-state index in [-0.39, 0.29) is 0 Å². The van der Waals surface area contributed by atoms with Gasteiger partial charge in [-0.1, -0.05) is 58.9 Å². The van der Waals surface area contributed by atoms with Crippen LogP contribution in [-0.2, 0) is 4.74 Å². The highest BCUT2D eigenvalue weighted by Crippen LogP contribution is 2.59. The lowest BCUT2D eigenvalue weighted by Gasteiger charge is -2.49. The molecule has 1 heterocycles. The Morgan fingerprint density at radius 1 is 1.10 bits per heavy atom. The lowest BCUT2D eigenvalue weighted by atomic mass is 9.60. The number of aliphatic hydroxyl groups is 1. The third-order valence-corrected chi connectivity index (χ3v) is 6.47.